The van der Waals surface area contributed by atoms with Gasteiger partial charge in [-0.2, -0.15) is 0 Å². The van der Waals surface area contributed by atoms with E-state index in [1.54, 1.807) is 0 Å². The second-order valence-electron chi connectivity index (χ2n) is 13.4. The molecule has 0 heterocycles. The Hall–Kier alpha value is -1.49. The molecule has 196 valence electrons. The van der Waals surface area contributed by atoms with Gasteiger partial charge in [-0.3, -0.25) is 14.4 Å². The predicted octanol–water partition coefficient (Wildman–Crippen LogP) is 5.68. The number of allylic oxidation sites excluding steroid dienone is 2. The molecule has 0 aliphatic heterocycles. The molecule has 3 saturated carbocycles. The Morgan fingerprint density at radius 1 is 1.20 bits per heavy atom. The lowest BCUT2D eigenvalue weighted by molar-refractivity contribution is -0.155. The molecule has 9 unspecified atom stereocenters. The Morgan fingerprint density at radius 3 is 2.51 bits per heavy atom. The zero-order chi connectivity index (χ0) is 25.9. The van der Waals surface area contributed by atoms with Crippen LogP contribution in [-0.2, 0) is 19.1 Å². The lowest BCUT2D eigenvalue weighted by atomic mass is 9.48. The molecule has 0 aromatic heterocycles. The molecular weight excluding hydrogens is 440 g/mol. The molecular formula is C30H46O5. The summed E-state index contributed by atoms with van der Waals surface area (Å²) in [5.74, 6) is 0.941. The molecule has 4 aliphatic carbocycles. The number of aliphatic hydroxyl groups is 1. The van der Waals surface area contributed by atoms with Crippen LogP contribution in [0.4, 0.5) is 0 Å². The number of carbonyl (C=O) groups excluding carboxylic acids is 3. The maximum atomic E-state index is 13.5. The van der Waals surface area contributed by atoms with Gasteiger partial charge in [0.05, 0.1) is 5.60 Å². The molecule has 0 bridgehead atoms. The third kappa shape index (κ3) is 4.45. The Kier molecular flexibility index (Phi) is 6.92. The number of ketones is 2. The van der Waals surface area contributed by atoms with E-state index in [-0.39, 0.29) is 64.7 Å². The minimum absolute atomic E-state index is 0.0430. The van der Waals surface area contributed by atoms with Crippen molar-refractivity contribution in [3.05, 3.63) is 11.6 Å². The molecule has 3 fully saturated rings. The average molecular weight is 487 g/mol. The first-order valence-electron chi connectivity index (χ1n) is 13.9. The summed E-state index contributed by atoms with van der Waals surface area (Å²) in [7, 11) is 0. The third-order valence-electron chi connectivity index (χ3n) is 10.9. The molecule has 0 aromatic carbocycles. The SMILES string of the molecule is CC(=O)OC1CCC2(C)C3=CCC4(C)C(CCC4C(C)(O)CC(=O)C(C)C(C)C)C3CC(=O)C2C1. The number of ether oxygens (including phenoxy) is 1. The Labute approximate surface area is 211 Å². The molecule has 0 spiro atoms. The van der Waals surface area contributed by atoms with Crippen LogP contribution in [0.1, 0.15) is 99.8 Å². The van der Waals surface area contributed by atoms with Crippen LogP contribution in [0.25, 0.3) is 0 Å². The van der Waals surface area contributed by atoms with Crippen molar-refractivity contribution >= 4 is 17.5 Å². The largest absolute Gasteiger partial charge is 0.463 e. The number of hydrogen-bond acceptors (Lipinski definition) is 5. The molecule has 35 heavy (non-hydrogen) atoms. The van der Waals surface area contributed by atoms with Crippen LogP contribution < -0.4 is 0 Å². The van der Waals surface area contributed by atoms with E-state index in [0.717, 1.165) is 32.1 Å². The minimum atomic E-state index is -1.04. The fourth-order valence-corrected chi connectivity index (χ4v) is 8.66. The smallest absolute Gasteiger partial charge is 0.302 e. The molecule has 0 aromatic rings. The van der Waals surface area contributed by atoms with Crippen LogP contribution in [-0.4, -0.2) is 34.3 Å². The monoisotopic (exact) mass is 486 g/mol. The van der Waals surface area contributed by atoms with E-state index in [4.69, 9.17) is 4.74 Å². The van der Waals surface area contributed by atoms with Crippen LogP contribution >= 0.6 is 0 Å². The van der Waals surface area contributed by atoms with Gasteiger partial charge in [-0.25, -0.2) is 0 Å². The van der Waals surface area contributed by atoms with E-state index in [1.807, 2.05) is 13.8 Å². The lowest BCUT2D eigenvalue weighted by Crippen LogP contribution is -2.54. The van der Waals surface area contributed by atoms with Crippen molar-refractivity contribution in [2.75, 3.05) is 0 Å². The normalized spacial score (nSPS) is 41.2. The highest BCUT2D eigenvalue weighted by atomic mass is 16.5. The summed E-state index contributed by atoms with van der Waals surface area (Å²) in [6.07, 6.45) is 8.10. The van der Waals surface area contributed by atoms with Crippen molar-refractivity contribution in [1.29, 1.82) is 0 Å². The minimum Gasteiger partial charge on any atom is -0.463 e. The summed E-state index contributed by atoms with van der Waals surface area (Å²) >= 11 is 0. The molecule has 4 aliphatic rings. The fraction of sp³-hybridized carbons (Fsp3) is 0.833. The van der Waals surface area contributed by atoms with E-state index in [0.29, 0.717) is 24.5 Å². The van der Waals surface area contributed by atoms with Crippen molar-refractivity contribution in [2.45, 2.75) is 112 Å². The van der Waals surface area contributed by atoms with Crippen LogP contribution in [0.2, 0.25) is 0 Å². The molecule has 5 heteroatoms. The van der Waals surface area contributed by atoms with E-state index < -0.39 is 5.60 Å². The highest BCUT2D eigenvalue weighted by Gasteiger charge is 2.61. The number of fused-ring (bicyclic) bond motifs is 5. The summed E-state index contributed by atoms with van der Waals surface area (Å²) in [6.45, 7) is 14.0. The number of hydrogen-bond donors (Lipinski definition) is 1. The van der Waals surface area contributed by atoms with Gasteiger partial charge in [-0.1, -0.05) is 46.3 Å². The number of rotatable bonds is 6. The molecule has 5 nitrogen and oxygen atoms in total. The van der Waals surface area contributed by atoms with E-state index >= 15 is 0 Å². The Bertz CT molecular complexity index is 916. The summed E-state index contributed by atoms with van der Waals surface area (Å²) in [4.78, 5) is 38.0. The lowest BCUT2D eigenvalue weighted by Gasteiger charge is -2.56. The third-order valence-corrected chi connectivity index (χ3v) is 10.9. The van der Waals surface area contributed by atoms with Crippen LogP contribution in [0.3, 0.4) is 0 Å². The van der Waals surface area contributed by atoms with Crippen LogP contribution in [0.15, 0.2) is 11.6 Å². The Morgan fingerprint density at radius 2 is 1.89 bits per heavy atom. The van der Waals surface area contributed by atoms with Gasteiger partial charge in [-0.15, -0.1) is 0 Å². The molecule has 4 rings (SSSR count). The van der Waals surface area contributed by atoms with Crippen molar-refractivity contribution in [2.24, 2.45) is 46.3 Å². The molecule has 0 radical (unpaired) electrons. The Balaban J connectivity index is 1.58. The average Bonchev–Trinajstić information content (AvgIpc) is 3.12. The van der Waals surface area contributed by atoms with Gasteiger partial charge in [0.15, 0.2) is 0 Å². The molecule has 0 amide bonds. The van der Waals surface area contributed by atoms with Gasteiger partial charge < -0.3 is 9.84 Å². The quantitative estimate of drug-likeness (QED) is 0.386. The van der Waals surface area contributed by atoms with Crippen molar-refractivity contribution in [3.8, 4) is 0 Å². The first kappa shape index (κ1) is 26.6. The predicted molar refractivity (Wildman–Crippen MR) is 135 cm³/mol. The summed E-state index contributed by atoms with van der Waals surface area (Å²) in [5.41, 5.74) is 0.122. The van der Waals surface area contributed by atoms with Crippen molar-refractivity contribution in [1.82, 2.24) is 0 Å². The van der Waals surface area contributed by atoms with Gasteiger partial charge in [0, 0.05) is 31.6 Å². The molecule has 1 N–H and O–H groups in total. The number of carbonyl (C=O) groups is 3. The van der Waals surface area contributed by atoms with Gasteiger partial charge in [-0.05, 0) is 80.0 Å². The number of esters is 1. The standard InChI is InChI=1S/C30H46O5/c1-17(2)18(3)26(33)16-30(7,34)27-9-8-22-21-15-25(32)24-14-20(35-19(4)31)10-12-28(24,5)23(21)11-13-29(22,27)6/h11,17-18,20-22,24,27,34H,8-10,12-16H2,1-7H3. The second kappa shape index (κ2) is 9.11. The topological polar surface area (TPSA) is 80.7 Å². The van der Waals surface area contributed by atoms with Gasteiger partial charge in [0.25, 0.3) is 0 Å². The zero-order valence-electron chi connectivity index (χ0n) is 22.9. The zero-order valence-corrected chi connectivity index (χ0v) is 22.9. The molecule has 0 saturated heterocycles. The maximum absolute atomic E-state index is 13.5. The van der Waals surface area contributed by atoms with E-state index in [9.17, 15) is 19.5 Å². The fourth-order valence-electron chi connectivity index (χ4n) is 8.66. The highest BCUT2D eigenvalue weighted by Crippen LogP contribution is 2.66. The molecule has 9 atom stereocenters. The summed E-state index contributed by atoms with van der Waals surface area (Å²) in [6, 6.07) is 0. The summed E-state index contributed by atoms with van der Waals surface area (Å²) < 4.78 is 5.50. The van der Waals surface area contributed by atoms with Crippen molar-refractivity contribution < 1.29 is 24.2 Å². The summed E-state index contributed by atoms with van der Waals surface area (Å²) in [5, 5.41) is 11.7. The van der Waals surface area contributed by atoms with Crippen LogP contribution in [0, 0.1) is 46.3 Å². The van der Waals surface area contributed by atoms with Crippen molar-refractivity contribution in [3.63, 3.8) is 0 Å². The first-order valence-corrected chi connectivity index (χ1v) is 13.9. The maximum Gasteiger partial charge on any atom is 0.302 e. The van der Waals surface area contributed by atoms with E-state index in [1.165, 1.54) is 12.5 Å². The van der Waals surface area contributed by atoms with Gasteiger partial charge in [0.1, 0.15) is 17.7 Å². The second-order valence-corrected chi connectivity index (χ2v) is 13.4. The van der Waals surface area contributed by atoms with Gasteiger partial charge >= 0.3 is 5.97 Å². The van der Waals surface area contributed by atoms with Gasteiger partial charge in [0.2, 0.25) is 0 Å². The first-order chi connectivity index (χ1) is 16.2. The highest BCUT2D eigenvalue weighted by molar-refractivity contribution is 5.85. The van der Waals surface area contributed by atoms with Crippen LogP contribution in [0.5, 0.6) is 0 Å². The van der Waals surface area contributed by atoms with E-state index in [2.05, 4.69) is 33.8 Å². The number of Topliss-reactive ketones (excluding diaryl/α,β-unsaturated/α-hetero) is 2.